The van der Waals surface area contributed by atoms with Gasteiger partial charge in [0.1, 0.15) is 6.61 Å². The summed E-state index contributed by atoms with van der Waals surface area (Å²) in [5.74, 6) is 0.637. The molecular formula is C17H21ClN2O. The van der Waals surface area contributed by atoms with E-state index in [1.807, 2.05) is 36.4 Å². The highest BCUT2D eigenvalue weighted by molar-refractivity contribution is 6.30. The van der Waals surface area contributed by atoms with Gasteiger partial charge in [-0.1, -0.05) is 23.7 Å². The molecule has 1 aromatic carbocycles. The van der Waals surface area contributed by atoms with E-state index < -0.39 is 0 Å². The molecule has 1 N–H and O–H groups in total. The molecule has 0 amide bonds. The van der Waals surface area contributed by atoms with E-state index in [4.69, 9.17) is 16.3 Å². The average molecular weight is 305 g/mol. The van der Waals surface area contributed by atoms with Crippen LogP contribution in [0.5, 0.6) is 5.88 Å². The van der Waals surface area contributed by atoms with Gasteiger partial charge in [-0.25, -0.2) is 4.98 Å². The summed E-state index contributed by atoms with van der Waals surface area (Å²) in [6.45, 7) is 7.72. The highest BCUT2D eigenvalue weighted by Crippen LogP contribution is 2.14. The summed E-state index contributed by atoms with van der Waals surface area (Å²) in [6.07, 6.45) is 1.77. The molecule has 4 heteroatoms. The Labute approximate surface area is 131 Å². The number of ether oxygens (including phenoxy) is 1. The molecule has 0 aliphatic heterocycles. The lowest BCUT2D eigenvalue weighted by Crippen LogP contribution is -2.35. The Morgan fingerprint density at radius 1 is 1.10 bits per heavy atom. The van der Waals surface area contributed by atoms with Crippen LogP contribution in [0.1, 0.15) is 31.9 Å². The van der Waals surface area contributed by atoms with E-state index in [1.165, 1.54) is 0 Å². The molecule has 2 rings (SSSR count). The van der Waals surface area contributed by atoms with Gasteiger partial charge >= 0.3 is 0 Å². The van der Waals surface area contributed by atoms with Gasteiger partial charge in [-0.15, -0.1) is 0 Å². The van der Waals surface area contributed by atoms with Crippen LogP contribution in [0.15, 0.2) is 42.6 Å². The minimum Gasteiger partial charge on any atom is -0.473 e. The minimum atomic E-state index is 0.0909. The summed E-state index contributed by atoms with van der Waals surface area (Å²) in [6, 6.07) is 11.6. The van der Waals surface area contributed by atoms with Crippen molar-refractivity contribution in [3.63, 3.8) is 0 Å². The third-order valence-electron chi connectivity index (χ3n) is 2.92. The molecule has 0 fully saturated rings. The molecule has 0 atom stereocenters. The summed E-state index contributed by atoms with van der Waals surface area (Å²) < 4.78 is 5.72. The molecule has 1 aromatic heterocycles. The molecule has 21 heavy (non-hydrogen) atoms. The number of aromatic nitrogens is 1. The SMILES string of the molecule is CC(C)(C)NCc1ccnc(OCc2ccc(Cl)cc2)c1. The normalized spacial score (nSPS) is 11.4. The topological polar surface area (TPSA) is 34.2 Å². The highest BCUT2D eigenvalue weighted by atomic mass is 35.5. The molecule has 0 saturated carbocycles. The van der Waals surface area contributed by atoms with Crippen molar-refractivity contribution in [2.75, 3.05) is 0 Å². The van der Waals surface area contributed by atoms with Gasteiger partial charge in [0.2, 0.25) is 5.88 Å². The molecule has 0 bridgehead atoms. The fourth-order valence-electron chi connectivity index (χ4n) is 1.74. The van der Waals surface area contributed by atoms with Gasteiger partial charge in [0.25, 0.3) is 0 Å². The first kappa shape index (κ1) is 15.8. The van der Waals surface area contributed by atoms with E-state index in [-0.39, 0.29) is 5.54 Å². The molecule has 2 aromatic rings. The second-order valence-corrected chi connectivity index (χ2v) is 6.46. The zero-order chi connectivity index (χ0) is 15.3. The van der Waals surface area contributed by atoms with Crippen molar-refractivity contribution in [1.82, 2.24) is 10.3 Å². The van der Waals surface area contributed by atoms with Crippen LogP contribution in [-0.4, -0.2) is 10.5 Å². The maximum Gasteiger partial charge on any atom is 0.213 e. The van der Waals surface area contributed by atoms with Crippen LogP contribution < -0.4 is 10.1 Å². The highest BCUT2D eigenvalue weighted by Gasteiger charge is 2.08. The maximum atomic E-state index is 5.86. The predicted molar refractivity (Wildman–Crippen MR) is 86.6 cm³/mol. The van der Waals surface area contributed by atoms with Crippen LogP contribution in [0.2, 0.25) is 5.02 Å². The van der Waals surface area contributed by atoms with Crippen molar-refractivity contribution in [2.45, 2.75) is 39.5 Å². The summed E-state index contributed by atoms with van der Waals surface area (Å²) in [5, 5.41) is 4.18. The number of hydrogen-bond donors (Lipinski definition) is 1. The molecule has 0 saturated heterocycles. The van der Waals surface area contributed by atoms with Gasteiger partial charge in [-0.3, -0.25) is 0 Å². The van der Waals surface area contributed by atoms with Gasteiger partial charge in [0.15, 0.2) is 0 Å². The standard InChI is InChI=1S/C17H21ClN2O/c1-17(2,3)20-11-14-8-9-19-16(10-14)21-12-13-4-6-15(18)7-5-13/h4-10,20H,11-12H2,1-3H3. The van der Waals surface area contributed by atoms with Crippen molar-refractivity contribution < 1.29 is 4.74 Å². The fraction of sp³-hybridized carbons (Fsp3) is 0.353. The van der Waals surface area contributed by atoms with Crippen LogP contribution in [0.25, 0.3) is 0 Å². The smallest absolute Gasteiger partial charge is 0.213 e. The van der Waals surface area contributed by atoms with E-state index in [2.05, 4.69) is 31.1 Å². The van der Waals surface area contributed by atoms with Crippen molar-refractivity contribution in [3.05, 3.63) is 58.7 Å². The van der Waals surface area contributed by atoms with Gasteiger partial charge in [0.05, 0.1) is 0 Å². The molecule has 1 heterocycles. The molecule has 112 valence electrons. The van der Waals surface area contributed by atoms with Crippen LogP contribution in [0.3, 0.4) is 0 Å². The molecular weight excluding hydrogens is 284 g/mol. The molecule has 0 aliphatic carbocycles. The summed E-state index contributed by atoms with van der Waals surface area (Å²) >= 11 is 5.86. The van der Waals surface area contributed by atoms with E-state index >= 15 is 0 Å². The Hall–Kier alpha value is -1.58. The van der Waals surface area contributed by atoms with Crippen molar-refractivity contribution >= 4 is 11.6 Å². The number of nitrogens with one attached hydrogen (secondary N) is 1. The number of hydrogen-bond acceptors (Lipinski definition) is 3. The Bertz CT molecular complexity index is 576. The van der Waals surface area contributed by atoms with E-state index in [0.717, 1.165) is 22.7 Å². The van der Waals surface area contributed by atoms with Crippen LogP contribution in [-0.2, 0) is 13.2 Å². The molecule has 0 aliphatic rings. The lowest BCUT2D eigenvalue weighted by atomic mass is 10.1. The Morgan fingerprint density at radius 2 is 1.81 bits per heavy atom. The van der Waals surface area contributed by atoms with E-state index in [1.54, 1.807) is 6.20 Å². The molecule has 0 spiro atoms. The Morgan fingerprint density at radius 3 is 2.48 bits per heavy atom. The minimum absolute atomic E-state index is 0.0909. The van der Waals surface area contributed by atoms with Crippen LogP contribution in [0, 0.1) is 0 Å². The first-order valence-corrected chi connectivity index (χ1v) is 7.37. The third kappa shape index (κ3) is 5.74. The van der Waals surface area contributed by atoms with Gasteiger partial charge in [0, 0.05) is 29.4 Å². The van der Waals surface area contributed by atoms with Crippen molar-refractivity contribution in [2.24, 2.45) is 0 Å². The van der Waals surface area contributed by atoms with Crippen molar-refractivity contribution in [1.29, 1.82) is 0 Å². The lowest BCUT2D eigenvalue weighted by molar-refractivity contribution is 0.293. The zero-order valence-electron chi connectivity index (χ0n) is 12.7. The second-order valence-electron chi connectivity index (χ2n) is 6.02. The number of nitrogens with zero attached hydrogens (tertiary/aromatic N) is 1. The quantitative estimate of drug-likeness (QED) is 0.899. The number of rotatable bonds is 5. The predicted octanol–water partition coefficient (Wildman–Crippen LogP) is 4.20. The maximum absolute atomic E-state index is 5.86. The third-order valence-corrected chi connectivity index (χ3v) is 3.17. The number of pyridine rings is 1. The number of benzene rings is 1. The van der Waals surface area contributed by atoms with E-state index in [9.17, 15) is 0 Å². The molecule has 3 nitrogen and oxygen atoms in total. The second kappa shape index (κ2) is 6.92. The summed E-state index contributed by atoms with van der Waals surface area (Å²) in [5.41, 5.74) is 2.32. The molecule has 0 unspecified atom stereocenters. The first-order chi connectivity index (χ1) is 9.92. The molecule has 0 radical (unpaired) electrons. The Kier molecular flexibility index (Phi) is 5.21. The van der Waals surface area contributed by atoms with Crippen LogP contribution in [0.4, 0.5) is 0 Å². The average Bonchev–Trinajstić information content (AvgIpc) is 2.44. The van der Waals surface area contributed by atoms with Gasteiger partial charge in [-0.05, 0) is 50.1 Å². The van der Waals surface area contributed by atoms with Gasteiger partial charge < -0.3 is 10.1 Å². The fourth-order valence-corrected chi connectivity index (χ4v) is 1.87. The Balaban J connectivity index is 1.93. The first-order valence-electron chi connectivity index (χ1n) is 6.99. The summed E-state index contributed by atoms with van der Waals surface area (Å²) in [7, 11) is 0. The largest absolute Gasteiger partial charge is 0.473 e. The summed E-state index contributed by atoms with van der Waals surface area (Å²) in [4.78, 5) is 4.24. The van der Waals surface area contributed by atoms with Gasteiger partial charge in [-0.2, -0.15) is 0 Å². The number of halogens is 1. The van der Waals surface area contributed by atoms with E-state index in [0.29, 0.717) is 12.5 Å². The lowest BCUT2D eigenvalue weighted by Gasteiger charge is -2.20. The zero-order valence-corrected chi connectivity index (χ0v) is 13.4. The monoisotopic (exact) mass is 304 g/mol. The van der Waals surface area contributed by atoms with Crippen LogP contribution >= 0.6 is 11.6 Å². The van der Waals surface area contributed by atoms with Crippen molar-refractivity contribution in [3.8, 4) is 5.88 Å².